The number of rotatable bonds is 3. The second-order valence-electron chi connectivity index (χ2n) is 6.48. The van der Waals surface area contributed by atoms with Crippen LogP contribution in [0.15, 0.2) is 5.38 Å². The molecule has 1 unspecified atom stereocenters. The molecule has 1 aromatic rings. The number of nitrogens with zero attached hydrogens (tertiary/aromatic N) is 2. The summed E-state index contributed by atoms with van der Waals surface area (Å²) in [4.78, 5) is 30.0. The lowest BCUT2D eigenvalue weighted by Crippen LogP contribution is -2.46. The molecule has 6 nitrogen and oxygen atoms in total. The monoisotopic (exact) mass is 337 g/mol. The molecular weight excluding hydrogens is 314 g/mol. The van der Waals surface area contributed by atoms with Gasteiger partial charge in [-0.2, -0.15) is 0 Å². The van der Waals surface area contributed by atoms with Gasteiger partial charge in [-0.15, -0.1) is 11.3 Å². The molecule has 1 atom stereocenters. The summed E-state index contributed by atoms with van der Waals surface area (Å²) in [6.07, 6.45) is 4.75. The van der Waals surface area contributed by atoms with E-state index in [4.69, 9.17) is 5.11 Å². The molecule has 0 aromatic carbocycles. The summed E-state index contributed by atoms with van der Waals surface area (Å²) in [6, 6.07) is 0.142. The predicted molar refractivity (Wildman–Crippen MR) is 87.4 cm³/mol. The number of urea groups is 1. The van der Waals surface area contributed by atoms with Crippen LogP contribution in [0.25, 0.3) is 0 Å². The molecule has 2 heterocycles. The molecule has 2 aliphatic rings. The van der Waals surface area contributed by atoms with Crippen LogP contribution in [0.4, 0.5) is 4.79 Å². The lowest BCUT2D eigenvalue weighted by Gasteiger charge is -2.30. The van der Waals surface area contributed by atoms with E-state index in [1.807, 2.05) is 17.2 Å². The first-order valence-corrected chi connectivity index (χ1v) is 9.14. The highest BCUT2D eigenvalue weighted by atomic mass is 32.1. The molecule has 126 valence electrons. The van der Waals surface area contributed by atoms with Gasteiger partial charge in [0.25, 0.3) is 0 Å². The minimum atomic E-state index is -0.715. The van der Waals surface area contributed by atoms with Crippen molar-refractivity contribution in [2.75, 3.05) is 6.54 Å². The van der Waals surface area contributed by atoms with E-state index in [1.165, 1.54) is 0 Å². The van der Waals surface area contributed by atoms with E-state index in [2.05, 4.69) is 10.3 Å². The number of carboxylic acid groups (broad SMARTS) is 1. The Labute approximate surface area is 139 Å². The number of carbonyl (C=O) groups is 2. The zero-order valence-electron chi connectivity index (χ0n) is 13.3. The number of hydrogen-bond acceptors (Lipinski definition) is 4. The van der Waals surface area contributed by atoms with Gasteiger partial charge in [-0.3, -0.25) is 4.79 Å². The summed E-state index contributed by atoms with van der Waals surface area (Å²) >= 11 is 1.62. The van der Waals surface area contributed by atoms with Gasteiger partial charge in [0.05, 0.1) is 22.7 Å². The fraction of sp³-hybridized carbons (Fsp3) is 0.688. The molecule has 0 radical (unpaired) electrons. The number of aliphatic carboxylic acids is 1. The highest BCUT2D eigenvalue weighted by Gasteiger charge is 2.33. The van der Waals surface area contributed by atoms with E-state index in [1.54, 1.807) is 11.3 Å². The molecule has 2 N–H and O–H groups in total. The van der Waals surface area contributed by atoms with Gasteiger partial charge in [0, 0.05) is 18.0 Å². The Balaban J connectivity index is 1.56. The summed E-state index contributed by atoms with van der Waals surface area (Å²) in [5, 5.41) is 15.2. The fourth-order valence-electron chi connectivity index (χ4n) is 3.59. The Hall–Kier alpha value is -1.63. The number of aromatic nitrogens is 1. The molecule has 3 rings (SSSR count). The Bertz CT molecular complexity index is 581. The fourth-order valence-corrected chi connectivity index (χ4v) is 4.25. The molecular formula is C16H23N3O3S. The molecule has 0 bridgehead atoms. The third kappa shape index (κ3) is 3.65. The molecule has 0 spiro atoms. The van der Waals surface area contributed by atoms with Crippen molar-refractivity contribution in [1.82, 2.24) is 15.2 Å². The van der Waals surface area contributed by atoms with Gasteiger partial charge in [0.1, 0.15) is 0 Å². The number of carboxylic acids is 1. The number of aryl methyl sites for hydroxylation is 1. The third-order valence-electron chi connectivity index (χ3n) is 4.90. The number of hydrogen-bond donors (Lipinski definition) is 2. The summed E-state index contributed by atoms with van der Waals surface area (Å²) in [5.41, 5.74) is 0.995. The number of likely N-dealkylation sites (tertiary alicyclic amines) is 1. The highest BCUT2D eigenvalue weighted by molar-refractivity contribution is 7.09. The molecule has 1 aliphatic heterocycles. The van der Waals surface area contributed by atoms with Crippen LogP contribution in [0.2, 0.25) is 0 Å². The van der Waals surface area contributed by atoms with Crippen molar-refractivity contribution < 1.29 is 14.7 Å². The average Bonchev–Trinajstić information content (AvgIpc) is 3.16. The Morgan fingerprint density at radius 1 is 1.30 bits per heavy atom. The van der Waals surface area contributed by atoms with Crippen LogP contribution in [-0.2, 0) is 4.79 Å². The van der Waals surface area contributed by atoms with Crippen molar-refractivity contribution in [3.63, 3.8) is 0 Å². The van der Waals surface area contributed by atoms with E-state index in [0.29, 0.717) is 12.8 Å². The number of amides is 2. The number of carbonyl (C=O) groups excluding carboxylic acids is 1. The summed E-state index contributed by atoms with van der Waals surface area (Å²) in [6.45, 7) is 2.74. The van der Waals surface area contributed by atoms with Gasteiger partial charge in [0.2, 0.25) is 0 Å². The highest BCUT2D eigenvalue weighted by Crippen LogP contribution is 2.33. The van der Waals surface area contributed by atoms with E-state index in [9.17, 15) is 9.59 Å². The van der Waals surface area contributed by atoms with E-state index < -0.39 is 5.97 Å². The molecule has 23 heavy (non-hydrogen) atoms. The first-order chi connectivity index (χ1) is 11.0. The smallest absolute Gasteiger partial charge is 0.318 e. The van der Waals surface area contributed by atoms with Crippen LogP contribution >= 0.6 is 11.3 Å². The van der Waals surface area contributed by atoms with Gasteiger partial charge in [0.15, 0.2) is 0 Å². The third-order valence-corrected chi connectivity index (χ3v) is 5.69. The SMILES string of the molecule is Cc1nc(C2CCCN2C(=O)NC2CCC(C(=O)O)CC2)cs1. The molecule has 1 saturated carbocycles. The minimum Gasteiger partial charge on any atom is -0.481 e. The Kier molecular flexibility index (Phi) is 4.84. The van der Waals surface area contributed by atoms with Crippen LogP contribution < -0.4 is 5.32 Å². The van der Waals surface area contributed by atoms with Crippen molar-refractivity contribution in [2.24, 2.45) is 5.92 Å². The van der Waals surface area contributed by atoms with Crippen molar-refractivity contribution in [2.45, 2.75) is 57.5 Å². The molecule has 7 heteroatoms. The zero-order chi connectivity index (χ0) is 16.4. The van der Waals surface area contributed by atoms with E-state index >= 15 is 0 Å². The molecule has 1 aromatic heterocycles. The largest absolute Gasteiger partial charge is 0.481 e. The lowest BCUT2D eigenvalue weighted by molar-refractivity contribution is -0.142. The zero-order valence-corrected chi connectivity index (χ0v) is 14.1. The van der Waals surface area contributed by atoms with Crippen molar-refractivity contribution >= 4 is 23.3 Å². The van der Waals surface area contributed by atoms with Gasteiger partial charge >= 0.3 is 12.0 Å². The maximum absolute atomic E-state index is 12.6. The van der Waals surface area contributed by atoms with E-state index in [-0.39, 0.29) is 24.0 Å². The van der Waals surface area contributed by atoms with Crippen LogP contribution in [0.3, 0.4) is 0 Å². The van der Waals surface area contributed by atoms with Crippen LogP contribution in [0, 0.1) is 12.8 Å². The van der Waals surface area contributed by atoms with E-state index in [0.717, 1.165) is 42.9 Å². The standard InChI is InChI=1S/C16H23N3O3S/c1-10-17-13(9-23-10)14-3-2-8-19(14)16(22)18-12-6-4-11(5-7-12)15(20)21/h9,11-12,14H,2-8H2,1H3,(H,18,22)(H,20,21). The predicted octanol–water partition coefficient (Wildman–Crippen LogP) is 2.94. The van der Waals surface area contributed by atoms with Crippen LogP contribution in [0.1, 0.15) is 55.3 Å². The molecule has 2 amide bonds. The second kappa shape index (κ2) is 6.86. The molecule has 1 saturated heterocycles. The maximum Gasteiger partial charge on any atom is 0.318 e. The van der Waals surface area contributed by atoms with Crippen LogP contribution in [-0.4, -0.2) is 39.6 Å². The van der Waals surface area contributed by atoms with Crippen LogP contribution in [0.5, 0.6) is 0 Å². The number of nitrogens with one attached hydrogen (secondary N) is 1. The van der Waals surface area contributed by atoms with Gasteiger partial charge < -0.3 is 15.3 Å². The first kappa shape index (κ1) is 16.2. The average molecular weight is 337 g/mol. The number of thiazole rings is 1. The summed E-state index contributed by atoms with van der Waals surface area (Å²) in [5.74, 6) is -0.964. The molecule has 1 aliphatic carbocycles. The topological polar surface area (TPSA) is 82.5 Å². The van der Waals surface area contributed by atoms with Crippen molar-refractivity contribution in [1.29, 1.82) is 0 Å². The quantitative estimate of drug-likeness (QED) is 0.888. The maximum atomic E-state index is 12.6. The van der Waals surface area contributed by atoms with Gasteiger partial charge in [-0.1, -0.05) is 0 Å². The summed E-state index contributed by atoms with van der Waals surface area (Å²) < 4.78 is 0. The first-order valence-electron chi connectivity index (χ1n) is 8.26. The summed E-state index contributed by atoms with van der Waals surface area (Å²) in [7, 11) is 0. The van der Waals surface area contributed by atoms with Crippen molar-refractivity contribution in [3.05, 3.63) is 16.1 Å². The van der Waals surface area contributed by atoms with Gasteiger partial charge in [-0.05, 0) is 45.4 Å². The van der Waals surface area contributed by atoms with Gasteiger partial charge in [-0.25, -0.2) is 9.78 Å². The second-order valence-corrected chi connectivity index (χ2v) is 7.54. The lowest BCUT2D eigenvalue weighted by atomic mass is 9.86. The Morgan fingerprint density at radius 2 is 2.04 bits per heavy atom. The Morgan fingerprint density at radius 3 is 2.65 bits per heavy atom. The van der Waals surface area contributed by atoms with Crippen molar-refractivity contribution in [3.8, 4) is 0 Å². The molecule has 2 fully saturated rings. The minimum absolute atomic E-state index is 0.0306. The normalized spacial score (nSPS) is 27.9.